The molecule has 1 rings (SSSR count). The van der Waals surface area contributed by atoms with E-state index in [0.717, 1.165) is 18.9 Å². The van der Waals surface area contributed by atoms with E-state index >= 15 is 0 Å². The Morgan fingerprint density at radius 2 is 2.08 bits per heavy atom. The van der Waals surface area contributed by atoms with Crippen LogP contribution in [0.3, 0.4) is 0 Å². The summed E-state index contributed by atoms with van der Waals surface area (Å²) in [5, 5.41) is 3.05. The highest BCUT2D eigenvalue weighted by molar-refractivity contribution is 5.35. The Hall–Kier alpha value is -1.02. The highest BCUT2D eigenvalue weighted by Gasteiger charge is 1.98. The van der Waals surface area contributed by atoms with E-state index in [9.17, 15) is 0 Å². The van der Waals surface area contributed by atoms with Crippen LogP contribution in [0, 0.1) is 13.8 Å². The second kappa shape index (κ2) is 4.87. The monoisotopic (exact) mass is 179 g/mol. The first-order valence-corrected chi connectivity index (χ1v) is 4.58. The number of benzene rings is 1. The fraction of sp³-hybridized carbons (Fsp3) is 0.455. The molecule has 0 bridgehead atoms. The lowest BCUT2D eigenvalue weighted by Gasteiger charge is -2.09. The normalized spacial score (nSPS) is 10.1. The molecule has 0 aromatic heterocycles. The third-order valence-corrected chi connectivity index (χ3v) is 1.95. The second-order valence-corrected chi connectivity index (χ2v) is 3.22. The number of hydrogen-bond donors (Lipinski definition) is 1. The lowest BCUT2D eigenvalue weighted by atomic mass is 10.1. The van der Waals surface area contributed by atoms with E-state index in [1.165, 1.54) is 11.1 Å². The average molecular weight is 179 g/mol. The zero-order chi connectivity index (χ0) is 9.68. The van der Waals surface area contributed by atoms with Crippen molar-refractivity contribution in [2.45, 2.75) is 13.8 Å². The molecule has 13 heavy (non-hydrogen) atoms. The predicted molar refractivity (Wildman–Crippen MR) is 55.3 cm³/mol. The Morgan fingerprint density at radius 3 is 2.77 bits per heavy atom. The number of hydrogen-bond acceptors (Lipinski definition) is 2. The molecular formula is C11H17NO. The lowest BCUT2D eigenvalue weighted by molar-refractivity contribution is 0.316. The minimum atomic E-state index is 0.723. The summed E-state index contributed by atoms with van der Waals surface area (Å²) in [5.41, 5.74) is 2.44. The van der Waals surface area contributed by atoms with Crippen molar-refractivity contribution < 1.29 is 4.74 Å². The summed E-state index contributed by atoms with van der Waals surface area (Å²) in [5.74, 6) is 0.996. The van der Waals surface area contributed by atoms with Crippen molar-refractivity contribution in [3.63, 3.8) is 0 Å². The fourth-order valence-electron chi connectivity index (χ4n) is 1.13. The Labute approximate surface area is 79.9 Å². The highest BCUT2D eigenvalue weighted by Crippen LogP contribution is 2.18. The zero-order valence-corrected chi connectivity index (χ0v) is 8.55. The molecule has 1 aromatic rings. The van der Waals surface area contributed by atoms with E-state index in [0.29, 0.717) is 0 Å². The van der Waals surface area contributed by atoms with E-state index in [1.807, 2.05) is 7.05 Å². The van der Waals surface area contributed by atoms with Crippen LogP contribution < -0.4 is 10.1 Å². The van der Waals surface area contributed by atoms with Gasteiger partial charge in [-0.2, -0.15) is 0 Å². The number of aryl methyl sites for hydroxylation is 2. The number of rotatable bonds is 4. The van der Waals surface area contributed by atoms with E-state index in [1.54, 1.807) is 0 Å². The molecule has 0 heterocycles. The van der Waals surface area contributed by atoms with Gasteiger partial charge in [0.2, 0.25) is 0 Å². The maximum absolute atomic E-state index is 5.60. The molecule has 72 valence electrons. The molecule has 0 atom stereocenters. The molecule has 1 aromatic carbocycles. The average Bonchev–Trinajstić information content (AvgIpc) is 2.11. The lowest BCUT2D eigenvalue weighted by Crippen LogP contribution is -2.16. The molecule has 0 spiro atoms. The Bertz CT molecular complexity index is 271. The van der Waals surface area contributed by atoms with Gasteiger partial charge in [-0.3, -0.25) is 0 Å². The minimum Gasteiger partial charge on any atom is -0.492 e. The Morgan fingerprint density at radius 1 is 1.31 bits per heavy atom. The van der Waals surface area contributed by atoms with Crippen LogP contribution in [-0.4, -0.2) is 20.2 Å². The van der Waals surface area contributed by atoms with Gasteiger partial charge in [0, 0.05) is 6.54 Å². The van der Waals surface area contributed by atoms with Crippen molar-refractivity contribution in [3.05, 3.63) is 29.3 Å². The van der Waals surface area contributed by atoms with Gasteiger partial charge in [0.05, 0.1) is 0 Å². The molecule has 1 N–H and O–H groups in total. The third-order valence-electron chi connectivity index (χ3n) is 1.95. The van der Waals surface area contributed by atoms with Crippen LogP contribution >= 0.6 is 0 Å². The maximum Gasteiger partial charge on any atom is 0.122 e. The van der Waals surface area contributed by atoms with Gasteiger partial charge in [-0.25, -0.2) is 0 Å². The quantitative estimate of drug-likeness (QED) is 0.713. The van der Waals surface area contributed by atoms with Gasteiger partial charge >= 0.3 is 0 Å². The predicted octanol–water partition coefficient (Wildman–Crippen LogP) is 1.90. The summed E-state index contributed by atoms with van der Waals surface area (Å²) in [7, 11) is 1.92. The molecule has 0 aliphatic carbocycles. The summed E-state index contributed by atoms with van der Waals surface area (Å²) in [6, 6.07) is 6.26. The number of likely N-dealkylation sites (N-methyl/N-ethyl adjacent to an activating group) is 1. The highest BCUT2D eigenvalue weighted by atomic mass is 16.5. The van der Waals surface area contributed by atoms with E-state index < -0.39 is 0 Å². The van der Waals surface area contributed by atoms with Crippen molar-refractivity contribution >= 4 is 0 Å². The summed E-state index contributed by atoms with van der Waals surface area (Å²) in [6.07, 6.45) is 0. The molecule has 0 aliphatic rings. The van der Waals surface area contributed by atoms with Gasteiger partial charge in [0.1, 0.15) is 12.4 Å². The largest absolute Gasteiger partial charge is 0.492 e. The molecule has 0 radical (unpaired) electrons. The first kappa shape index (κ1) is 10.1. The molecular weight excluding hydrogens is 162 g/mol. The first-order valence-electron chi connectivity index (χ1n) is 4.58. The van der Waals surface area contributed by atoms with Crippen LogP contribution in [0.15, 0.2) is 18.2 Å². The number of nitrogens with one attached hydrogen (secondary N) is 1. The van der Waals surface area contributed by atoms with Crippen LogP contribution in [0.1, 0.15) is 11.1 Å². The molecule has 2 heteroatoms. The molecule has 0 unspecified atom stereocenters. The van der Waals surface area contributed by atoms with Gasteiger partial charge in [0.15, 0.2) is 0 Å². The fourth-order valence-corrected chi connectivity index (χ4v) is 1.13. The van der Waals surface area contributed by atoms with Crippen LogP contribution in [-0.2, 0) is 0 Å². The smallest absolute Gasteiger partial charge is 0.122 e. The maximum atomic E-state index is 5.60. The van der Waals surface area contributed by atoms with Crippen molar-refractivity contribution in [2.75, 3.05) is 20.2 Å². The van der Waals surface area contributed by atoms with E-state index in [2.05, 4.69) is 37.4 Å². The van der Waals surface area contributed by atoms with Gasteiger partial charge in [-0.15, -0.1) is 0 Å². The Balaban J connectivity index is 2.59. The van der Waals surface area contributed by atoms with Gasteiger partial charge in [-0.05, 0) is 38.1 Å². The SMILES string of the molecule is CNCCOc1cc(C)ccc1C. The topological polar surface area (TPSA) is 21.3 Å². The summed E-state index contributed by atoms with van der Waals surface area (Å²) in [6.45, 7) is 5.74. The van der Waals surface area contributed by atoms with Crippen LogP contribution in [0.4, 0.5) is 0 Å². The van der Waals surface area contributed by atoms with E-state index in [-0.39, 0.29) is 0 Å². The standard InChI is InChI=1S/C11H17NO/c1-9-4-5-10(2)11(8-9)13-7-6-12-3/h4-5,8,12H,6-7H2,1-3H3. The molecule has 0 saturated heterocycles. The number of ether oxygens (including phenoxy) is 1. The van der Waals surface area contributed by atoms with Crippen molar-refractivity contribution in [2.24, 2.45) is 0 Å². The van der Waals surface area contributed by atoms with Crippen LogP contribution in [0.5, 0.6) is 5.75 Å². The summed E-state index contributed by atoms with van der Waals surface area (Å²) in [4.78, 5) is 0. The molecule has 0 saturated carbocycles. The minimum absolute atomic E-state index is 0.723. The van der Waals surface area contributed by atoms with Crippen LogP contribution in [0.25, 0.3) is 0 Å². The molecule has 0 aliphatic heterocycles. The zero-order valence-electron chi connectivity index (χ0n) is 8.55. The molecule has 0 amide bonds. The van der Waals surface area contributed by atoms with E-state index in [4.69, 9.17) is 4.74 Å². The first-order chi connectivity index (χ1) is 6.24. The van der Waals surface area contributed by atoms with Crippen molar-refractivity contribution in [1.29, 1.82) is 0 Å². The van der Waals surface area contributed by atoms with Gasteiger partial charge in [-0.1, -0.05) is 12.1 Å². The third kappa shape index (κ3) is 3.07. The molecule has 0 fully saturated rings. The van der Waals surface area contributed by atoms with Gasteiger partial charge < -0.3 is 10.1 Å². The Kier molecular flexibility index (Phi) is 3.77. The summed E-state index contributed by atoms with van der Waals surface area (Å²) >= 11 is 0. The van der Waals surface area contributed by atoms with Gasteiger partial charge in [0.25, 0.3) is 0 Å². The summed E-state index contributed by atoms with van der Waals surface area (Å²) < 4.78 is 5.60. The van der Waals surface area contributed by atoms with Crippen molar-refractivity contribution in [1.82, 2.24) is 5.32 Å². The second-order valence-electron chi connectivity index (χ2n) is 3.22. The van der Waals surface area contributed by atoms with Crippen LogP contribution in [0.2, 0.25) is 0 Å². The molecule has 2 nitrogen and oxygen atoms in total. The van der Waals surface area contributed by atoms with Crippen molar-refractivity contribution in [3.8, 4) is 5.75 Å².